The minimum atomic E-state index is -0.0674. The molecule has 2 aliphatic heterocycles. The molecule has 0 aromatic heterocycles. The first kappa shape index (κ1) is 23.6. The number of imide groups is 1. The van der Waals surface area contributed by atoms with E-state index in [2.05, 4.69) is 51.7 Å². The van der Waals surface area contributed by atoms with Crippen molar-refractivity contribution in [3.63, 3.8) is 0 Å². The molecule has 2 N–H and O–H groups in total. The molecule has 3 rings (SSSR count). The smallest absolute Gasteiger partial charge is 0.229 e. The van der Waals surface area contributed by atoms with Gasteiger partial charge in [-0.2, -0.15) is 0 Å². The zero-order chi connectivity index (χ0) is 19.9. The Hall–Kier alpha value is -1.68. The Balaban J connectivity index is 0.00000300. The fraction of sp³-hybridized carbons (Fsp3) is 0.571. The van der Waals surface area contributed by atoms with Crippen LogP contribution in [-0.4, -0.2) is 66.3 Å². The van der Waals surface area contributed by atoms with Crippen molar-refractivity contribution >= 4 is 41.8 Å². The molecule has 7 nitrogen and oxygen atoms in total. The van der Waals surface area contributed by atoms with E-state index < -0.39 is 0 Å². The Morgan fingerprint density at radius 2 is 1.86 bits per heavy atom. The second kappa shape index (κ2) is 11.5. The molecule has 0 spiro atoms. The van der Waals surface area contributed by atoms with Crippen LogP contribution >= 0.6 is 24.0 Å². The van der Waals surface area contributed by atoms with E-state index in [0.717, 1.165) is 25.5 Å². The number of nitrogens with zero attached hydrogens (tertiary/aromatic N) is 3. The Kier molecular flexibility index (Phi) is 9.35. The molecule has 0 aliphatic carbocycles. The summed E-state index contributed by atoms with van der Waals surface area (Å²) in [6.45, 7) is 5.06. The van der Waals surface area contributed by atoms with Crippen molar-refractivity contribution < 1.29 is 9.59 Å². The maximum atomic E-state index is 11.9. The number of likely N-dealkylation sites (tertiary alicyclic amines) is 2. The van der Waals surface area contributed by atoms with E-state index >= 15 is 0 Å². The molecule has 0 radical (unpaired) electrons. The van der Waals surface area contributed by atoms with Crippen molar-refractivity contribution in [1.29, 1.82) is 0 Å². The predicted molar refractivity (Wildman–Crippen MR) is 125 cm³/mol. The number of carbonyl (C=O) groups excluding carboxylic acids is 2. The lowest BCUT2D eigenvalue weighted by Gasteiger charge is -2.25. The van der Waals surface area contributed by atoms with Crippen molar-refractivity contribution in [2.75, 3.05) is 26.7 Å². The molecule has 2 saturated heterocycles. The van der Waals surface area contributed by atoms with Crippen LogP contribution in [0.2, 0.25) is 0 Å². The monoisotopic (exact) mass is 513 g/mol. The van der Waals surface area contributed by atoms with Gasteiger partial charge in [0.2, 0.25) is 11.8 Å². The first-order valence-corrected chi connectivity index (χ1v) is 10.1. The molecule has 2 unspecified atom stereocenters. The summed E-state index contributed by atoms with van der Waals surface area (Å²) in [6, 6.07) is 11.4. The summed E-state index contributed by atoms with van der Waals surface area (Å²) in [5.74, 6) is 0.583. The maximum absolute atomic E-state index is 11.9. The van der Waals surface area contributed by atoms with Gasteiger partial charge in [0.1, 0.15) is 0 Å². The van der Waals surface area contributed by atoms with Crippen LogP contribution in [0.1, 0.15) is 38.2 Å². The molecule has 1 aromatic carbocycles. The number of hydrogen-bond donors (Lipinski definition) is 2. The molecule has 8 heteroatoms. The van der Waals surface area contributed by atoms with Crippen molar-refractivity contribution in [2.45, 2.75) is 51.2 Å². The fourth-order valence-corrected chi connectivity index (χ4v) is 3.96. The topological polar surface area (TPSA) is 77.0 Å². The zero-order valence-electron chi connectivity index (χ0n) is 17.3. The molecule has 2 amide bonds. The van der Waals surface area contributed by atoms with Gasteiger partial charge in [0, 0.05) is 58.2 Å². The van der Waals surface area contributed by atoms with E-state index in [4.69, 9.17) is 0 Å². The predicted octanol–water partition coefficient (Wildman–Crippen LogP) is 1.97. The minimum absolute atomic E-state index is 0. The van der Waals surface area contributed by atoms with Crippen molar-refractivity contribution in [3.8, 4) is 0 Å². The average Bonchev–Trinajstić information content (AvgIpc) is 3.03. The van der Waals surface area contributed by atoms with Gasteiger partial charge < -0.3 is 10.6 Å². The van der Waals surface area contributed by atoms with Gasteiger partial charge >= 0.3 is 0 Å². The zero-order valence-corrected chi connectivity index (χ0v) is 19.6. The number of carbonyl (C=O) groups is 2. The van der Waals surface area contributed by atoms with Crippen LogP contribution in [-0.2, 0) is 16.1 Å². The molecule has 2 atom stereocenters. The Morgan fingerprint density at radius 1 is 1.17 bits per heavy atom. The number of guanidine groups is 1. The summed E-state index contributed by atoms with van der Waals surface area (Å²) in [7, 11) is 1.74. The number of nitrogens with one attached hydrogen (secondary N) is 2. The van der Waals surface area contributed by atoms with Gasteiger partial charge in [0.25, 0.3) is 0 Å². The van der Waals surface area contributed by atoms with E-state index in [9.17, 15) is 9.59 Å². The number of benzene rings is 1. The third kappa shape index (κ3) is 6.67. The SMILES string of the molecule is CN=C(NCCN1C(=O)CCCC1=O)NC1CC(C)N(Cc2ccccc2)C1.I. The summed E-state index contributed by atoms with van der Waals surface area (Å²) in [5.41, 5.74) is 1.33. The van der Waals surface area contributed by atoms with Gasteiger partial charge in [-0.25, -0.2) is 0 Å². The number of halogens is 1. The standard InChI is InChI=1S/C21H31N5O2.HI/c1-16-13-18(15-25(16)14-17-7-4-3-5-8-17)24-21(22-2)23-11-12-26-19(27)9-6-10-20(26)28;/h3-5,7-8,16,18H,6,9-15H2,1-2H3,(H2,22,23,24);1H. The molecule has 2 fully saturated rings. The molecule has 0 saturated carbocycles. The lowest BCUT2D eigenvalue weighted by molar-refractivity contribution is -0.147. The Bertz CT molecular complexity index is 696. The largest absolute Gasteiger partial charge is 0.355 e. The third-order valence-corrected chi connectivity index (χ3v) is 5.51. The summed E-state index contributed by atoms with van der Waals surface area (Å²) >= 11 is 0. The normalized spacial score (nSPS) is 23.1. The minimum Gasteiger partial charge on any atom is -0.355 e. The summed E-state index contributed by atoms with van der Waals surface area (Å²) in [4.78, 5) is 31.9. The van der Waals surface area contributed by atoms with E-state index in [1.54, 1.807) is 7.05 Å². The lowest BCUT2D eigenvalue weighted by atomic mass is 10.1. The van der Waals surface area contributed by atoms with Crippen LogP contribution in [0.3, 0.4) is 0 Å². The molecule has 0 bridgehead atoms. The molecular formula is C21H32IN5O2. The van der Waals surface area contributed by atoms with Crippen LogP contribution < -0.4 is 10.6 Å². The van der Waals surface area contributed by atoms with E-state index in [1.165, 1.54) is 10.5 Å². The van der Waals surface area contributed by atoms with E-state index in [-0.39, 0.29) is 35.8 Å². The molecule has 2 aliphatic rings. The van der Waals surface area contributed by atoms with Crippen LogP contribution in [0.4, 0.5) is 0 Å². The van der Waals surface area contributed by atoms with Crippen LogP contribution in [0.5, 0.6) is 0 Å². The highest BCUT2D eigenvalue weighted by Crippen LogP contribution is 2.20. The quantitative estimate of drug-likeness (QED) is 0.263. The van der Waals surface area contributed by atoms with Crippen LogP contribution in [0, 0.1) is 0 Å². The third-order valence-electron chi connectivity index (χ3n) is 5.51. The average molecular weight is 513 g/mol. The van der Waals surface area contributed by atoms with Gasteiger partial charge in [-0.05, 0) is 25.3 Å². The number of amides is 2. The molecular weight excluding hydrogens is 481 g/mol. The van der Waals surface area contributed by atoms with Gasteiger partial charge in [-0.3, -0.25) is 24.4 Å². The van der Waals surface area contributed by atoms with E-state index in [0.29, 0.717) is 44.4 Å². The molecule has 160 valence electrons. The van der Waals surface area contributed by atoms with Crippen molar-refractivity contribution in [3.05, 3.63) is 35.9 Å². The van der Waals surface area contributed by atoms with Crippen molar-refractivity contribution in [1.82, 2.24) is 20.4 Å². The number of piperidine rings is 1. The lowest BCUT2D eigenvalue weighted by Crippen LogP contribution is -2.48. The first-order valence-electron chi connectivity index (χ1n) is 10.1. The number of aliphatic imine (C=N–C) groups is 1. The van der Waals surface area contributed by atoms with Crippen molar-refractivity contribution in [2.24, 2.45) is 4.99 Å². The number of hydrogen-bond acceptors (Lipinski definition) is 4. The highest BCUT2D eigenvalue weighted by atomic mass is 127. The second-order valence-electron chi connectivity index (χ2n) is 7.63. The molecule has 29 heavy (non-hydrogen) atoms. The highest BCUT2D eigenvalue weighted by Gasteiger charge is 2.29. The van der Waals surface area contributed by atoms with Gasteiger partial charge in [0.15, 0.2) is 5.96 Å². The van der Waals surface area contributed by atoms with Crippen LogP contribution in [0.15, 0.2) is 35.3 Å². The number of rotatable bonds is 6. The molecule has 2 heterocycles. The van der Waals surface area contributed by atoms with Gasteiger partial charge in [0.05, 0.1) is 0 Å². The summed E-state index contributed by atoms with van der Waals surface area (Å²) in [6.07, 6.45) is 2.66. The van der Waals surface area contributed by atoms with E-state index in [1.807, 2.05) is 6.07 Å². The Labute approximate surface area is 190 Å². The highest BCUT2D eigenvalue weighted by molar-refractivity contribution is 14.0. The summed E-state index contributed by atoms with van der Waals surface area (Å²) < 4.78 is 0. The summed E-state index contributed by atoms with van der Waals surface area (Å²) in [5, 5.41) is 6.72. The fourth-order valence-electron chi connectivity index (χ4n) is 3.96. The van der Waals surface area contributed by atoms with Crippen LogP contribution in [0.25, 0.3) is 0 Å². The maximum Gasteiger partial charge on any atom is 0.229 e. The van der Waals surface area contributed by atoms with Gasteiger partial charge in [-0.15, -0.1) is 24.0 Å². The molecule has 1 aromatic rings. The first-order chi connectivity index (χ1) is 13.6. The van der Waals surface area contributed by atoms with Gasteiger partial charge in [-0.1, -0.05) is 30.3 Å². The second-order valence-corrected chi connectivity index (χ2v) is 7.63. The Morgan fingerprint density at radius 3 is 2.52 bits per heavy atom.